The standard InChI is InChI=1S/C13H13F2NO4/c14-13(15)20-9-3-1-8(2-4-9)7-16-10(12(18)19)5-6-11(16)17/h1-4,10,13H,5-7H2,(H,18,19)/t10-/m0/s1. The number of ether oxygens (including phenoxy) is 1. The zero-order chi connectivity index (χ0) is 14.7. The number of hydrogen-bond acceptors (Lipinski definition) is 3. The molecule has 108 valence electrons. The fourth-order valence-electron chi connectivity index (χ4n) is 2.16. The number of carboxylic acids is 1. The fourth-order valence-corrected chi connectivity index (χ4v) is 2.16. The van der Waals surface area contributed by atoms with E-state index < -0.39 is 18.6 Å². The number of amides is 1. The topological polar surface area (TPSA) is 66.8 Å². The van der Waals surface area contributed by atoms with E-state index in [1.54, 1.807) is 0 Å². The van der Waals surface area contributed by atoms with Crippen LogP contribution in [0.25, 0.3) is 0 Å². The Morgan fingerprint density at radius 3 is 2.60 bits per heavy atom. The van der Waals surface area contributed by atoms with E-state index in [-0.39, 0.29) is 24.6 Å². The van der Waals surface area contributed by atoms with Crippen LogP contribution in [0.3, 0.4) is 0 Å². The van der Waals surface area contributed by atoms with E-state index in [0.717, 1.165) is 0 Å². The third kappa shape index (κ3) is 3.23. The predicted molar refractivity (Wildman–Crippen MR) is 64.3 cm³/mol. The number of hydrogen-bond donors (Lipinski definition) is 1. The normalized spacial score (nSPS) is 18.6. The Labute approximate surface area is 113 Å². The summed E-state index contributed by atoms with van der Waals surface area (Å²) in [6, 6.07) is 4.96. The van der Waals surface area contributed by atoms with E-state index in [1.807, 2.05) is 0 Å². The van der Waals surface area contributed by atoms with Gasteiger partial charge in [-0.1, -0.05) is 12.1 Å². The molecule has 1 saturated heterocycles. The molecule has 1 atom stereocenters. The summed E-state index contributed by atoms with van der Waals surface area (Å²) in [5, 5.41) is 9.03. The molecule has 7 heteroatoms. The van der Waals surface area contributed by atoms with Gasteiger partial charge >= 0.3 is 12.6 Å². The minimum absolute atomic E-state index is 0.0197. The summed E-state index contributed by atoms with van der Waals surface area (Å²) in [5.41, 5.74) is 0.660. The number of aliphatic carboxylic acids is 1. The maximum absolute atomic E-state index is 12.0. The first kappa shape index (κ1) is 14.2. The highest BCUT2D eigenvalue weighted by atomic mass is 19.3. The molecule has 2 rings (SSSR count). The zero-order valence-corrected chi connectivity index (χ0v) is 10.5. The van der Waals surface area contributed by atoms with Gasteiger partial charge in [0, 0.05) is 13.0 Å². The molecule has 1 aliphatic rings. The molecule has 0 spiro atoms. The van der Waals surface area contributed by atoms with Crippen LogP contribution >= 0.6 is 0 Å². The maximum atomic E-state index is 12.0. The van der Waals surface area contributed by atoms with Gasteiger partial charge in [-0.2, -0.15) is 8.78 Å². The second-order valence-electron chi connectivity index (χ2n) is 4.44. The Hall–Kier alpha value is -2.18. The number of halogens is 2. The minimum Gasteiger partial charge on any atom is -0.480 e. The lowest BCUT2D eigenvalue weighted by Gasteiger charge is -2.21. The Kier molecular flexibility index (Phi) is 4.16. The number of benzene rings is 1. The predicted octanol–water partition coefficient (Wildman–Crippen LogP) is 1.86. The van der Waals surface area contributed by atoms with Gasteiger partial charge in [0.05, 0.1) is 0 Å². The first-order chi connectivity index (χ1) is 9.47. The number of alkyl halides is 2. The van der Waals surface area contributed by atoms with E-state index in [4.69, 9.17) is 5.11 Å². The van der Waals surface area contributed by atoms with Gasteiger partial charge in [-0.25, -0.2) is 4.79 Å². The molecule has 0 radical (unpaired) electrons. The molecule has 0 saturated carbocycles. The monoisotopic (exact) mass is 285 g/mol. The van der Waals surface area contributed by atoms with Gasteiger partial charge < -0.3 is 14.7 Å². The quantitative estimate of drug-likeness (QED) is 0.896. The van der Waals surface area contributed by atoms with Crippen molar-refractivity contribution in [3.8, 4) is 5.75 Å². The summed E-state index contributed by atoms with van der Waals surface area (Å²) in [5.74, 6) is -1.23. The van der Waals surface area contributed by atoms with Gasteiger partial charge in [0.2, 0.25) is 5.91 Å². The van der Waals surface area contributed by atoms with Gasteiger partial charge in [0.1, 0.15) is 11.8 Å². The molecule has 0 bridgehead atoms. The van der Waals surface area contributed by atoms with E-state index >= 15 is 0 Å². The van der Waals surface area contributed by atoms with E-state index in [1.165, 1.54) is 29.2 Å². The molecular formula is C13H13F2NO4. The van der Waals surface area contributed by atoms with Gasteiger partial charge in [-0.3, -0.25) is 4.79 Å². The van der Waals surface area contributed by atoms with Gasteiger partial charge in [0.15, 0.2) is 0 Å². The lowest BCUT2D eigenvalue weighted by Crippen LogP contribution is -2.37. The van der Waals surface area contributed by atoms with Crippen molar-refractivity contribution >= 4 is 11.9 Å². The summed E-state index contributed by atoms with van der Waals surface area (Å²) in [6.45, 7) is -2.75. The second kappa shape index (κ2) is 5.85. The third-order valence-corrected chi connectivity index (χ3v) is 3.11. The fraction of sp³-hybridized carbons (Fsp3) is 0.385. The summed E-state index contributed by atoms with van der Waals surface area (Å²) in [4.78, 5) is 24.0. The second-order valence-corrected chi connectivity index (χ2v) is 4.44. The molecule has 1 aromatic rings. The molecule has 0 aromatic heterocycles. The number of carbonyl (C=O) groups excluding carboxylic acids is 1. The van der Waals surface area contributed by atoms with Crippen LogP contribution in [0.4, 0.5) is 8.78 Å². The van der Waals surface area contributed by atoms with Gasteiger partial charge in [-0.15, -0.1) is 0 Å². The Morgan fingerprint density at radius 1 is 1.40 bits per heavy atom. The Bertz CT molecular complexity index is 504. The average Bonchev–Trinajstić information content (AvgIpc) is 2.73. The van der Waals surface area contributed by atoms with Gasteiger partial charge in [-0.05, 0) is 24.1 Å². The van der Waals surface area contributed by atoms with Crippen molar-refractivity contribution in [3.05, 3.63) is 29.8 Å². The van der Waals surface area contributed by atoms with Crippen molar-refractivity contribution in [2.24, 2.45) is 0 Å². The lowest BCUT2D eigenvalue weighted by atomic mass is 10.2. The van der Waals surface area contributed by atoms with E-state index in [9.17, 15) is 18.4 Å². The summed E-state index contributed by atoms with van der Waals surface area (Å²) < 4.78 is 28.2. The van der Waals surface area contributed by atoms with Crippen LogP contribution in [-0.2, 0) is 16.1 Å². The van der Waals surface area contributed by atoms with Crippen molar-refractivity contribution in [3.63, 3.8) is 0 Å². The number of likely N-dealkylation sites (tertiary alicyclic amines) is 1. The zero-order valence-electron chi connectivity index (χ0n) is 10.5. The average molecular weight is 285 g/mol. The summed E-state index contributed by atoms with van der Waals surface area (Å²) >= 11 is 0. The molecular weight excluding hydrogens is 272 g/mol. The summed E-state index contributed by atoms with van der Waals surface area (Å²) in [7, 11) is 0. The number of nitrogens with zero attached hydrogens (tertiary/aromatic N) is 1. The van der Waals surface area contributed by atoms with Crippen molar-refractivity contribution in [1.82, 2.24) is 4.90 Å². The first-order valence-corrected chi connectivity index (χ1v) is 6.03. The maximum Gasteiger partial charge on any atom is 0.387 e. The van der Waals surface area contributed by atoms with E-state index in [0.29, 0.717) is 12.0 Å². The molecule has 1 fully saturated rings. The van der Waals surface area contributed by atoms with Crippen molar-refractivity contribution < 1.29 is 28.2 Å². The highest BCUT2D eigenvalue weighted by Crippen LogP contribution is 2.23. The van der Waals surface area contributed by atoms with Crippen molar-refractivity contribution in [2.45, 2.75) is 32.0 Å². The Balaban J connectivity index is 2.05. The van der Waals surface area contributed by atoms with Crippen molar-refractivity contribution in [2.75, 3.05) is 0 Å². The van der Waals surface area contributed by atoms with Crippen LogP contribution in [0.5, 0.6) is 5.75 Å². The van der Waals surface area contributed by atoms with Crippen LogP contribution in [0.1, 0.15) is 18.4 Å². The van der Waals surface area contributed by atoms with Crippen LogP contribution < -0.4 is 4.74 Å². The number of carboxylic acid groups (broad SMARTS) is 1. The number of rotatable bonds is 5. The molecule has 0 unspecified atom stereocenters. The first-order valence-electron chi connectivity index (χ1n) is 6.03. The third-order valence-electron chi connectivity index (χ3n) is 3.11. The summed E-state index contributed by atoms with van der Waals surface area (Å²) in [6.07, 6.45) is 0.504. The van der Waals surface area contributed by atoms with Crippen LogP contribution in [0, 0.1) is 0 Å². The highest BCUT2D eigenvalue weighted by molar-refractivity contribution is 5.87. The smallest absolute Gasteiger partial charge is 0.387 e. The molecule has 1 aliphatic heterocycles. The van der Waals surface area contributed by atoms with Crippen LogP contribution in [-0.4, -0.2) is 34.5 Å². The van der Waals surface area contributed by atoms with Gasteiger partial charge in [0.25, 0.3) is 0 Å². The molecule has 0 aliphatic carbocycles. The van der Waals surface area contributed by atoms with E-state index in [2.05, 4.69) is 4.74 Å². The molecule has 1 aromatic carbocycles. The Morgan fingerprint density at radius 2 is 2.05 bits per heavy atom. The molecule has 20 heavy (non-hydrogen) atoms. The minimum atomic E-state index is -2.89. The lowest BCUT2D eigenvalue weighted by molar-refractivity contribution is -0.146. The van der Waals surface area contributed by atoms with Crippen molar-refractivity contribution in [1.29, 1.82) is 0 Å². The highest BCUT2D eigenvalue weighted by Gasteiger charge is 2.35. The largest absolute Gasteiger partial charge is 0.480 e. The number of carbonyl (C=O) groups is 2. The SMILES string of the molecule is O=C(O)[C@@H]1CCC(=O)N1Cc1ccc(OC(F)F)cc1. The molecule has 1 amide bonds. The molecule has 1 heterocycles. The van der Waals surface area contributed by atoms with Crippen LogP contribution in [0.15, 0.2) is 24.3 Å². The molecule has 5 nitrogen and oxygen atoms in total. The van der Waals surface area contributed by atoms with Crippen LogP contribution in [0.2, 0.25) is 0 Å². The molecule has 1 N–H and O–H groups in total.